The summed E-state index contributed by atoms with van der Waals surface area (Å²) < 4.78 is 31.9. The topological polar surface area (TPSA) is 67.3 Å². The van der Waals surface area contributed by atoms with Crippen molar-refractivity contribution < 1.29 is 18.6 Å². The first-order chi connectivity index (χ1) is 11.6. The standard InChI is InChI=1S/C17H15F2N3O2/c1-10-6-11(2-3-16(10)24-5-4-23)21-17-9-20-14-7-12(18)13(19)8-15(14)22-17/h2-3,6-9,23H,4-5H2,1H3,(H,21,22). The van der Waals surface area contributed by atoms with Gasteiger partial charge >= 0.3 is 0 Å². The minimum atomic E-state index is -0.963. The molecule has 2 N–H and O–H groups in total. The molecule has 0 bridgehead atoms. The average molecular weight is 331 g/mol. The Labute approximate surface area is 136 Å². The highest BCUT2D eigenvalue weighted by Gasteiger charge is 2.08. The van der Waals surface area contributed by atoms with Crippen molar-refractivity contribution in [1.82, 2.24) is 9.97 Å². The van der Waals surface area contributed by atoms with Crippen LogP contribution in [0.4, 0.5) is 20.3 Å². The Morgan fingerprint density at radius 1 is 1.12 bits per heavy atom. The molecule has 2 aromatic carbocycles. The summed E-state index contributed by atoms with van der Waals surface area (Å²) in [6.45, 7) is 2.05. The van der Waals surface area contributed by atoms with E-state index >= 15 is 0 Å². The highest BCUT2D eigenvalue weighted by atomic mass is 19.2. The number of nitrogens with one attached hydrogen (secondary N) is 1. The maximum atomic E-state index is 13.3. The summed E-state index contributed by atoms with van der Waals surface area (Å²) in [5.41, 5.74) is 2.18. The second-order valence-corrected chi connectivity index (χ2v) is 5.19. The largest absolute Gasteiger partial charge is 0.491 e. The molecule has 3 rings (SSSR count). The zero-order chi connectivity index (χ0) is 17.1. The van der Waals surface area contributed by atoms with Crippen LogP contribution in [-0.4, -0.2) is 28.3 Å². The van der Waals surface area contributed by atoms with Crippen LogP contribution in [0.15, 0.2) is 36.5 Å². The number of benzene rings is 2. The van der Waals surface area contributed by atoms with E-state index in [1.807, 2.05) is 13.0 Å². The van der Waals surface area contributed by atoms with E-state index in [2.05, 4.69) is 15.3 Å². The summed E-state index contributed by atoms with van der Waals surface area (Å²) in [6, 6.07) is 7.44. The van der Waals surface area contributed by atoms with Crippen LogP contribution in [0.1, 0.15) is 5.56 Å². The van der Waals surface area contributed by atoms with Gasteiger partial charge in [-0.05, 0) is 30.7 Å². The maximum Gasteiger partial charge on any atom is 0.161 e. The molecule has 0 fully saturated rings. The number of aryl methyl sites for hydroxylation is 1. The molecule has 3 aromatic rings. The van der Waals surface area contributed by atoms with Gasteiger partial charge < -0.3 is 15.2 Å². The normalized spacial score (nSPS) is 10.8. The van der Waals surface area contributed by atoms with Crippen LogP contribution in [0.3, 0.4) is 0 Å². The lowest BCUT2D eigenvalue weighted by molar-refractivity contribution is 0.200. The van der Waals surface area contributed by atoms with E-state index < -0.39 is 11.6 Å². The molecule has 5 nitrogen and oxygen atoms in total. The molecule has 0 aliphatic carbocycles. The van der Waals surface area contributed by atoms with Crippen molar-refractivity contribution in [2.75, 3.05) is 18.5 Å². The maximum absolute atomic E-state index is 13.3. The Morgan fingerprint density at radius 2 is 1.88 bits per heavy atom. The van der Waals surface area contributed by atoms with Crippen LogP contribution < -0.4 is 10.1 Å². The number of hydrogen-bond acceptors (Lipinski definition) is 5. The first-order valence-electron chi connectivity index (χ1n) is 7.30. The molecule has 0 radical (unpaired) electrons. The van der Waals surface area contributed by atoms with Crippen molar-refractivity contribution >= 4 is 22.5 Å². The molecule has 0 spiro atoms. The summed E-state index contributed by atoms with van der Waals surface area (Å²) >= 11 is 0. The molecule has 0 amide bonds. The van der Waals surface area contributed by atoms with Gasteiger partial charge in [-0.25, -0.2) is 13.8 Å². The van der Waals surface area contributed by atoms with E-state index in [0.717, 1.165) is 23.4 Å². The van der Waals surface area contributed by atoms with Crippen LogP contribution in [0.25, 0.3) is 11.0 Å². The average Bonchev–Trinajstić information content (AvgIpc) is 2.55. The van der Waals surface area contributed by atoms with Crippen LogP contribution in [0.5, 0.6) is 5.75 Å². The fourth-order valence-corrected chi connectivity index (χ4v) is 2.26. The number of anilines is 2. The van der Waals surface area contributed by atoms with Gasteiger partial charge in [-0.1, -0.05) is 0 Å². The van der Waals surface area contributed by atoms with Crippen LogP contribution in [0, 0.1) is 18.6 Å². The first-order valence-corrected chi connectivity index (χ1v) is 7.30. The molecule has 0 unspecified atom stereocenters. The summed E-state index contributed by atoms with van der Waals surface area (Å²) in [4.78, 5) is 8.31. The lowest BCUT2D eigenvalue weighted by Gasteiger charge is -2.11. The number of ether oxygens (including phenoxy) is 1. The van der Waals surface area contributed by atoms with Gasteiger partial charge in [0.2, 0.25) is 0 Å². The SMILES string of the molecule is Cc1cc(Nc2cnc3cc(F)c(F)cc3n2)ccc1OCCO. The van der Waals surface area contributed by atoms with Gasteiger partial charge in [0.05, 0.1) is 23.8 Å². The molecule has 1 aromatic heterocycles. The fraction of sp³-hybridized carbons (Fsp3) is 0.176. The number of aliphatic hydroxyl groups is 1. The van der Waals surface area contributed by atoms with Gasteiger partial charge in [-0.3, -0.25) is 4.98 Å². The monoisotopic (exact) mass is 331 g/mol. The van der Waals surface area contributed by atoms with E-state index in [4.69, 9.17) is 9.84 Å². The molecule has 0 aliphatic heterocycles. The second kappa shape index (κ2) is 6.76. The first kappa shape index (κ1) is 16.1. The molecule has 0 aliphatic rings. The van der Waals surface area contributed by atoms with Gasteiger partial charge in [0.15, 0.2) is 11.6 Å². The fourth-order valence-electron chi connectivity index (χ4n) is 2.26. The predicted octanol–water partition coefficient (Wildman–Crippen LogP) is 3.33. The van der Waals surface area contributed by atoms with E-state index in [9.17, 15) is 8.78 Å². The number of hydrogen-bond donors (Lipinski definition) is 2. The molecule has 7 heteroatoms. The Morgan fingerprint density at radius 3 is 2.58 bits per heavy atom. The molecule has 0 saturated heterocycles. The van der Waals surface area contributed by atoms with E-state index in [1.165, 1.54) is 6.20 Å². The molecular weight excluding hydrogens is 316 g/mol. The smallest absolute Gasteiger partial charge is 0.161 e. The van der Waals surface area contributed by atoms with Crippen molar-refractivity contribution in [3.05, 3.63) is 53.7 Å². The van der Waals surface area contributed by atoms with Gasteiger partial charge in [0, 0.05) is 17.8 Å². The molecule has 0 saturated carbocycles. The van der Waals surface area contributed by atoms with Crippen LogP contribution >= 0.6 is 0 Å². The van der Waals surface area contributed by atoms with Gasteiger partial charge in [0.25, 0.3) is 0 Å². The van der Waals surface area contributed by atoms with Crippen molar-refractivity contribution in [2.24, 2.45) is 0 Å². The zero-order valence-electron chi connectivity index (χ0n) is 12.9. The van der Waals surface area contributed by atoms with Crippen LogP contribution in [0.2, 0.25) is 0 Å². The van der Waals surface area contributed by atoms with E-state index in [1.54, 1.807) is 12.1 Å². The third kappa shape index (κ3) is 3.41. The van der Waals surface area contributed by atoms with Gasteiger partial charge in [0.1, 0.15) is 18.2 Å². The summed E-state index contributed by atoms with van der Waals surface area (Å²) in [5.74, 6) is -0.824. The Kier molecular flexibility index (Phi) is 4.52. The predicted molar refractivity (Wildman–Crippen MR) is 86.5 cm³/mol. The number of nitrogens with zero attached hydrogens (tertiary/aromatic N) is 2. The van der Waals surface area contributed by atoms with Crippen molar-refractivity contribution in [3.63, 3.8) is 0 Å². The Hall–Kier alpha value is -2.80. The van der Waals surface area contributed by atoms with E-state index in [0.29, 0.717) is 11.6 Å². The summed E-state index contributed by atoms with van der Waals surface area (Å²) in [6.07, 6.45) is 1.45. The highest BCUT2D eigenvalue weighted by molar-refractivity contribution is 5.76. The van der Waals surface area contributed by atoms with Crippen LogP contribution in [-0.2, 0) is 0 Å². The lowest BCUT2D eigenvalue weighted by atomic mass is 10.2. The van der Waals surface area contributed by atoms with Gasteiger partial charge in [-0.2, -0.15) is 0 Å². The summed E-state index contributed by atoms with van der Waals surface area (Å²) in [5, 5.41) is 11.8. The van der Waals surface area contributed by atoms with Crippen molar-refractivity contribution in [3.8, 4) is 5.75 Å². The zero-order valence-corrected chi connectivity index (χ0v) is 12.9. The third-order valence-corrected chi connectivity index (χ3v) is 3.38. The summed E-state index contributed by atoms with van der Waals surface area (Å²) in [7, 11) is 0. The lowest BCUT2D eigenvalue weighted by Crippen LogP contribution is -2.03. The number of halogens is 2. The van der Waals surface area contributed by atoms with Gasteiger partial charge in [-0.15, -0.1) is 0 Å². The number of rotatable bonds is 5. The Balaban J connectivity index is 1.84. The molecular formula is C17H15F2N3O2. The number of fused-ring (bicyclic) bond motifs is 1. The molecule has 124 valence electrons. The number of aliphatic hydroxyl groups excluding tert-OH is 1. The molecule has 1 heterocycles. The van der Waals surface area contributed by atoms with Crippen molar-refractivity contribution in [2.45, 2.75) is 6.92 Å². The minimum Gasteiger partial charge on any atom is -0.491 e. The second-order valence-electron chi connectivity index (χ2n) is 5.19. The Bertz CT molecular complexity index is 887. The minimum absolute atomic E-state index is 0.0523. The molecule has 24 heavy (non-hydrogen) atoms. The quantitative estimate of drug-likeness (QED) is 0.751. The highest BCUT2D eigenvalue weighted by Crippen LogP contribution is 2.24. The molecule has 0 atom stereocenters. The number of aromatic nitrogens is 2. The van der Waals surface area contributed by atoms with Crippen molar-refractivity contribution in [1.29, 1.82) is 0 Å². The third-order valence-electron chi connectivity index (χ3n) is 3.38. The van der Waals surface area contributed by atoms with E-state index in [-0.39, 0.29) is 24.2 Å².